The Balaban J connectivity index is 1.79. The Hall–Kier alpha value is -2.37. The zero-order chi connectivity index (χ0) is 27.1. The molecular weight excluding hydrogens is 621 g/mol. The van der Waals surface area contributed by atoms with Gasteiger partial charge < -0.3 is 15.2 Å². The van der Waals surface area contributed by atoms with Crippen LogP contribution in [0.2, 0.25) is 5.02 Å². The number of hydrogen-bond donors (Lipinski definition) is 2. The third-order valence-corrected chi connectivity index (χ3v) is 7.51. The lowest BCUT2D eigenvalue weighted by Gasteiger charge is -2.21. The summed E-state index contributed by atoms with van der Waals surface area (Å²) in [5.41, 5.74) is 3.27. The van der Waals surface area contributed by atoms with Gasteiger partial charge in [0.15, 0.2) is 11.0 Å². The van der Waals surface area contributed by atoms with E-state index in [0.717, 1.165) is 20.4 Å². The van der Waals surface area contributed by atoms with Crippen molar-refractivity contribution >= 4 is 63.5 Å². The van der Waals surface area contributed by atoms with Gasteiger partial charge in [-0.1, -0.05) is 55.4 Å². The van der Waals surface area contributed by atoms with Crippen molar-refractivity contribution in [3.63, 3.8) is 0 Å². The van der Waals surface area contributed by atoms with Crippen LogP contribution in [0.25, 0.3) is 0 Å². The first-order chi connectivity index (χ1) is 17.6. The fourth-order valence-corrected chi connectivity index (χ4v) is 5.87. The van der Waals surface area contributed by atoms with Crippen LogP contribution in [0.3, 0.4) is 0 Å². The first-order valence-corrected chi connectivity index (χ1v) is 14.3. The van der Waals surface area contributed by atoms with Crippen LogP contribution in [0, 0.1) is 23.3 Å². The van der Waals surface area contributed by atoms with E-state index in [1.807, 2.05) is 30.5 Å². The minimum atomic E-state index is -0.392. The molecule has 196 valence electrons. The van der Waals surface area contributed by atoms with Gasteiger partial charge in [-0.05, 0) is 84.2 Å². The summed E-state index contributed by atoms with van der Waals surface area (Å²) >= 11 is 9.81. The Morgan fingerprint density at radius 3 is 2.49 bits per heavy atom. The van der Waals surface area contributed by atoms with Crippen LogP contribution in [0.5, 0.6) is 0 Å². The summed E-state index contributed by atoms with van der Waals surface area (Å²) < 4.78 is 3.02. The number of rotatable bonds is 11. The van der Waals surface area contributed by atoms with Gasteiger partial charge in [0, 0.05) is 15.8 Å². The molecule has 2 amide bonds. The lowest BCUT2D eigenvalue weighted by Crippen LogP contribution is -2.32. The molecule has 0 saturated carbocycles. The average Bonchev–Trinajstić information content (AvgIpc) is 3.22. The Morgan fingerprint density at radius 2 is 1.86 bits per heavy atom. The molecule has 0 aliphatic heterocycles. The summed E-state index contributed by atoms with van der Waals surface area (Å²) in [6.07, 6.45) is 2.40. The van der Waals surface area contributed by atoms with E-state index in [-0.39, 0.29) is 23.5 Å². The quantitative estimate of drug-likeness (QED) is 0.139. The number of aromatic nitrogens is 3. The van der Waals surface area contributed by atoms with Crippen molar-refractivity contribution in [2.24, 2.45) is 5.92 Å². The topological polar surface area (TPSA) is 88.9 Å². The second-order valence-electron chi connectivity index (χ2n) is 9.13. The number of halogens is 2. The standard InChI is InChI=1S/C27H31ClIN5O2S/c1-6-11-34-25(22(12-16(2)3)30-26(36)20-9-7-8-10-21(20)28)32-33-27(34)37-15-23(35)31-24-17(4)13-19(29)14-18(24)5/h6-10,13-14,16,22H,1,11-12,15H2,2-5H3,(H,30,36)(H,31,35)/t22-/m0/s1. The molecular formula is C27H31ClIN5O2S. The van der Waals surface area contributed by atoms with E-state index in [1.54, 1.807) is 30.3 Å². The molecule has 0 spiro atoms. The van der Waals surface area contributed by atoms with Crippen molar-refractivity contribution in [1.29, 1.82) is 0 Å². The number of allylic oxidation sites excluding steroid dienone is 1. The number of hydrogen-bond acceptors (Lipinski definition) is 5. The van der Waals surface area contributed by atoms with Crippen LogP contribution in [0.15, 0.2) is 54.2 Å². The summed E-state index contributed by atoms with van der Waals surface area (Å²) in [5.74, 6) is 0.661. The molecule has 1 heterocycles. The first kappa shape index (κ1) is 29.2. The van der Waals surface area contributed by atoms with Crippen molar-refractivity contribution in [3.8, 4) is 0 Å². The predicted molar refractivity (Wildman–Crippen MR) is 159 cm³/mol. The third-order valence-electron chi connectivity index (χ3n) is 5.59. The Labute approximate surface area is 241 Å². The van der Waals surface area contributed by atoms with E-state index in [9.17, 15) is 9.59 Å². The Morgan fingerprint density at radius 1 is 1.19 bits per heavy atom. The molecule has 0 unspecified atom stereocenters. The molecule has 0 fully saturated rings. The molecule has 10 heteroatoms. The maximum absolute atomic E-state index is 13.0. The van der Waals surface area contributed by atoms with Crippen LogP contribution < -0.4 is 10.6 Å². The van der Waals surface area contributed by atoms with Crippen molar-refractivity contribution in [1.82, 2.24) is 20.1 Å². The SMILES string of the molecule is C=CCn1c(SCC(=O)Nc2c(C)cc(I)cc2C)nnc1[C@H](CC(C)C)NC(=O)c1ccccc1Cl. The van der Waals surface area contributed by atoms with Crippen LogP contribution in [0.1, 0.15) is 53.6 Å². The molecule has 3 aromatic rings. The monoisotopic (exact) mass is 651 g/mol. The summed E-state index contributed by atoms with van der Waals surface area (Å²) in [4.78, 5) is 25.8. The van der Waals surface area contributed by atoms with Gasteiger partial charge in [-0.25, -0.2) is 0 Å². The van der Waals surface area contributed by atoms with Crippen LogP contribution in [0.4, 0.5) is 5.69 Å². The van der Waals surface area contributed by atoms with Crippen molar-refractivity contribution in [3.05, 3.63) is 80.2 Å². The van der Waals surface area contributed by atoms with E-state index in [0.29, 0.717) is 34.5 Å². The van der Waals surface area contributed by atoms with Gasteiger partial charge in [0.1, 0.15) is 0 Å². The molecule has 0 radical (unpaired) electrons. The third kappa shape index (κ3) is 7.81. The van der Waals surface area contributed by atoms with Gasteiger partial charge in [0.25, 0.3) is 5.91 Å². The second-order valence-corrected chi connectivity index (χ2v) is 11.7. The number of aryl methyl sites for hydroxylation is 2. The molecule has 7 nitrogen and oxygen atoms in total. The molecule has 0 bridgehead atoms. The average molecular weight is 652 g/mol. The minimum Gasteiger partial charge on any atom is -0.342 e. The Kier molecular flexibility index (Phi) is 10.6. The highest BCUT2D eigenvalue weighted by Crippen LogP contribution is 2.27. The maximum Gasteiger partial charge on any atom is 0.253 e. The molecule has 2 aromatic carbocycles. The van der Waals surface area contributed by atoms with E-state index in [1.165, 1.54) is 11.8 Å². The van der Waals surface area contributed by atoms with Crippen molar-refractivity contribution < 1.29 is 9.59 Å². The zero-order valence-corrected chi connectivity index (χ0v) is 25.1. The van der Waals surface area contributed by atoms with Crippen molar-refractivity contribution in [2.75, 3.05) is 11.1 Å². The summed E-state index contributed by atoms with van der Waals surface area (Å²) in [6.45, 7) is 12.4. The molecule has 1 atom stereocenters. The maximum atomic E-state index is 13.0. The normalized spacial score (nSPS) is 11.9. The highest BCUT2D eigenvalue weighted by atomic mass is 127. The highest BCUT2D eigenvalue weighted by molar-refractivity contribution is 14.1. The van der Waals surface area contributed by atoms with Crippen LogP contribution in [-0.4, -0.2) is 32.3 Å². The number of carbonyl (C=O) groups excluding carboxylic acids is 2. The van der Waals surface area contributed by atoms with Gasteiger partial charge in [0.05, 0.1) is 22.4 Å². The van der Waals surface area contributed by atoms with E-state index in [2.05, 4.69) is 63.8 Å². The van der Waals surface area contributed by atoms with E-state index in [4.69, 9.17) is 11.6 Å². The van der Waals surface area contributed by atoms with Crippen LogP contribution in [-0.2, 0) is 11.3 Å². The van der Waals surface area contributed by atoms with Crippen LogP contribution >= 0.6 is 46.0 Å². The number of nitrogens with zero attached hydrogens (tertiary/aromatic N) is 3. The van der Waals surface area contributed by atoms with Gasteiger partial charge in [-0.15, -0.1) is 16.8 Å². The Bertz CT molecular complexity index is 1270. The first-order valence-electron chi connectivity index (χ1n) is 11.9. The van der Waals surface area contributed by atoms with Gasteiger partial charge in [-0.2, -0.15) is 0 Å². The zero-order valence-electron chi connectivity index (χ0n) is 21.3. The molecule has 0 saturated heterocycles. The highest BCUT2D eigenvalue weighted by Gasteiger charge is 2.25. The number of thioether (sulfide) groups is 1. The van der Waals surface area contributed by atoms with Gasteiger partial charge in [0.2, 0.25) is 5.91 Å². The molecule has 2 N–H and O–H groups in total. The molecule has 1 aromatic heterocycles. The second kappa shape index (κ2) is 13.4. The van der Waals surface area contributed by atoms with E-state index < -0.39 is 6.04 Å². The number of anilines is 1. The summed E-state index contributed by atoms with van der Waals surface area (Å²) in [7, 11) is 0. The number of carbonyl (C=O) groups is 2. The number of nitrogens with one attached hydrogen (secondary N) is 2. The largest absolute Gasteiger partial charge is 0.342 e. The molecule has 37 heavy (non-hydrogen) atoms. The smallest absolute Gasteiger partial charge is 0.253 e. The number of amides is 2. The lowest BCUT2D eigenvalue weighted by molar-refractivity contribution is -0.113. The summed E-state index contributed by atoms with van der Waals surface area (Å²) in [5, 5.41) is 15.8. The fourth-order valence-electron chi connectivity index (χ4n) is 3.96. The molecule has 0 aliphatic rings. The minimum absolute atomic E-state index is 0.127. The van der Waals surface area contributed by atoms with Gasteiger partial charge in [-0.3, -0.25) is 9.59 Å². The number of benzene rings is 2. The molecule has 3 rings (SSSR count). The lowest BCUT2D eigenvalue weighted by atomic mass is 10.0. The fraction of sp³-hybridized carbons (Fsp3) is 0.333. The predicted octanol–water partition coefficient (Wildman–Crippen LogP) is 6.59. The van der Waals surface area contributed by atoms with E-state index >= 15 is 0 Å². The molecule has 0 aliphatic carbocycles. The summed E-state index contributed by atoms with van der Waals surface area (Å²) in [6, 6.07) is 10.6. The van der Waals surface area contributed by atoms with Crippen molar-refractivity contribution in [2.45, 2.75) is 51.9 Å². The van der Waals surface area contributed by atoms with Gasteiger partial charge >= 0.3 is 0 Å².